The maximum absolute atomic E-state index is 5.75. The molecule has 15 heavy (non-hydrogen) atoms. The van der Waals surface area contributed by atoms with Crippen LogP contribution in [0.2, 0.25) is 0 Å². The predicted octanol–water partition coefficient (Wildman–Crippen LogP) is 0.976. The van der Waals surface area contributed by atoms with Crippen LogP contribution in [0, 0.1) is 0 Å². The summed E-state index contributed by atoms with van der Waals surface area (Å²) >= 11 is -3.53. The van der Waals surface area contributed by atoms with Gasteiger partial charge in [-0.1, -0.05) is 0 Å². The number of hydrogen-bond donors (Lipinski definition) is 0. The van der Waals surface area contributed by atoms with E-state index in [1.54, 1.807) is 21.3 Å². The van der Waals surface area contributed by atoms with Crippen LogP contribution in [0.3, 0.4) is 0 Å². The summed E-state index contributed by atoms with van der Waals surface area (Å²) in [6, 6.07) is 0. The Balaban J connectivity index is 2.65. The molecular formula is C9H20O5Zr. The number of ether oxygens (including phenoxy) is 2. The van der Waals surface area contributed by atoms with Gasteiger partial charge in [0.2, 0.25) is 0 Å². The SMILES string of the molecule is CCCO[CH](C1CO1)[Zr]([O]C)([O]C)[O]C. The molecule has 5 nitrogen and oxygen atoms in total. The molecule has 0 amide bonds. The van der Waals surface area contributed by atoms with Crippen molar-refractivity contribution in [3.8, 4) is 0 Å². The maximum atomic E-state index is 5.75. The molecule has 1 rings (SSSR count). The van der Waals surface area contributed by atoms with E-state index in [-0.39, 0.29) is 9.92 Å². The number of epoxide rings is 1. The van der Waals surface area contributed by atoms with Crippen LogP contribution in [0.25, 0.3) is 0 Å². The van der Waals surface area contributed by atoms with E-state index in [1.165, 1.54) is 0 Å². The topological polar surface area (TPSA) is 49.5 Å². The normalized spacial score (nSPS) is 22.8. The van der Waals surface area contributed by atoms with Gasteiger partial charge in [-0.25, -0.2) is 0 Å². The van der Waals surface area contributed by atoms with E-state index in [4.69, 9.17) is 17.9 Å². The third-order valence-electron chi connectivity index (χ3n) is 2.40. The van der Waals surface area contributed by atoms with E-state index in [2.05, 4.69) is 6.92 Å². The molecule has 0 aliphatic carbocycles. The average Bonchev–Trinajstić information content (AvgIpc) is 3.09. The summed E-state index contributed by atoms with van der Waals surface area (Å²) in [4.78, 5) is 0. The molecule has 6 heteroatoms. The minimum atomic E-state index is -3.53. The molecular weight excluding hydrogens is 279 g/mol. The van der Waals surface area contributed by atoms with Gasteiger partial charge in [-0.2, -0.15) is 0 Å². The molecule has 0 aromatic carbocycles. The van der Waals surface area contributed by atoms with Crippen molar-refractivity contribution in [2.75, 3.05) is 34.5 Å². The quantitative estimate of drug-likeness (QED) is 0.625. The van der Waals surface area contributed by atoms with Gasteiger partial charge in [-0.15, -0.1) is 0 Å². The van der Waals surface area contributed by atoms with Crippen molar-refractivity contribution in [3.05, 3.63) is 0 Å². The van der Waals surface area contributed by atoms with Gasteiger partial charge in [-0.05, 0) is 0 Å². The van der Waals surface area contributed by atoms with Crippen molar-refractivity contribution < 1.29 is 39.5 Å². The van der Waals surface area contributed by atoms with Crippen LogP contribution < -0.4 is 0 Å². The van der Waals surface area contributed by atoms with Crippen molar-refractivity contribution in [1.29, 1.82) is 0 Å². The molecule has 1 aliphatic heterocycles. The first kappa shape index (κ1) is 13.7. The predicted molar refractivity (Wildman–Crippen MR) is 50.8 cm³/mol. The first-order chi connectivity index (χ1) is 7.24. The molecule has 1 fully saturated rings. The molecule has 0 bridgehead atoms. The van der Waals surface area contributed by atoms with Gasteiger partial charge in [-0.3, -0.25) is 0 Å². The van der Waals surface area contributed by atoms with Gasteiger partial charge in [0.1, 0.15) is 0 Å². The Hall–Kier alpha value is 0.683. The zero-order valence-corrected chi connectivity index (χ0v) is 12.3. The molecule has 1 heterocycles. The summed E-state index contributed by atoms with van der Waals surface area (Å²) in [5.74, 6) is 0. The van der Waals surface area contributed by atoms with Crippen LogP contribution in [-0.4, -0.2) is 44.5 Å². The summed E-state index contributed by atoms with van der Waals surface area (Å²) in [5.41, 5.74) is 0. The Bertz CT molecular complexity index is 173. The van der Waals surface area contributed by atoms with E-state index in [0.717, 1.165) is 6.42 Å². The number of hydrogen-bond acceptors (Lipinski definition) is 5. The molecule has 0 radical (unpaired) electrons. The average molecular weight is 299 g/mol. The van der Waals surface area contributed by atoms with E-state index < -0.39 is 21.6 Å². The Morgan fingerprint density at radius 3 is 2.13 bits per heavy atom. The molecule has 0 spiro atoms. The molecule has 1 aliphatic rings. The van der Waals surface area contributed by atoms with E-state index >= 15 is 0 Å². The standard InChI is InChI=1S/C6H11O2.3CH3O.Zr/c1-2-3-7-4-6-5-8-6;3*1-2;/h4,6H,2-3,5H2,1H3;3*1H3;/q;3*-1;+3. The second-order valence-electron chi connectivity index (χ2n) is 3.38. The monoisotopic (exact) mass is 298 g/mol. The van der Waals surface area contributed by atoms with Crippen molar-refractivity contribution in [3.63, 3.8) is 0 Å². The number of rotatable bonds is 8. The van der Waals surface area contributed by atoms with E-state index in [1.807, 2.05) is 0 Å². The van der Waals surface area contributed by atoms with Gasteiger partial charge < -0.3 is 0 Å². The summed E-state index contributed by atoms with van der Waals surface area (Å²) in [5, 5.41) is 0. The van der Waals surface area contributed by atoms with Gasteiger partial charge >= 0.3 is 97.3 Å². The van der Waals surface area contributed by atoms with Crippen molar-refractivity contribution in [2.24, 2.45) is 0 Å². The fraction of sp³-hybridized carbons (Fsp3) is 1.00. The summed E-state index contributed by atoms with van der Waals surface area (Å²) < 4.78 is 27.2. The van der Waals surface area contributed by atoms with Gasteiger partial charge in [0.25, 0.3) is 0 Å². The Morgan fingerprint density at radius 2 is 1.80 bits per heavy atom. The first-order valence-corrected chi connectivity index (χ1v) is 9.55. The Morgan fingerprint density at radius 1 is 1.27 bits per heavy atom. The zero-order chi connectivity index (χ0) is 11.3. The van der Waals surface area contributed by atoms with Gasteiger partial charge in [0, 0.05) is 0 Å². The van der Waals surface area contributed by atoms with E-state index in [9.17, 15) is 0 Å². The second-order valence-corrected chi connectivity index (χ2v) is 10.8. The fourth-order valence-corrected chi connectivity index (χ4v) is 6.84. The molecule has 2 atom stereocenters. The Labute approximate surface area is 97.2 Å². The van der Waals surface area contributed by atoms with Crippen molar-refractivity contribution in [2.45, 2.75) is 23.3 Å². The molecule has 0 aromatic heterocycles. The van der Waals surface area contributed by atoms with Gasteiger partial charge in [0.05, 0.1) is 0 Å². The van der Waals surface area contributed by atoms with Crippen LogP contribution in [0.1, 0.15) is 13.3 Å². The second kappa shape index (κ2) is 6.43. The summed E-state index contributed by atoms with van der Waals surface area (Å²) in [7, 11) is 4.86. The molecule has 0 saturated carbocycles. The van der Waals surface area contributed by atoms with Crippen LogP contribution in [0.5, 0.6) is 0 Å². The fourth-order valence-electron chi connectivity index (χ4n) is 1.51. The first-order valence-electron chi connectivity index (χ1n) is 5.12. The molecule has 0 aromatic rings. The van der Waals surface area contributed by atoms with Crippen LogP contribution >= 0.6 is 0 Å². The molecule has 2 unspecified atom stereocenters. The third-order valence-corrected chi connectivity index (χ3v) is 9.63. The van der Waals surface area contributed by atoms with Crippen LogP contribution in [-0.2, 0) is 39.5 Å². The molecule has 1 saturated heterocycles. The Kier molecular flexibility index (Phi) is 5.89. The third kappa shape index (κ3) is 3.32. The van der Waals surface area contributed by atoms with Crippen LogP contribution in [0.15, 0.2) is 0 Å². The molecule has 90 valence electrons. The van der Waals surface area contributed by atoms with Crippen molar-refractivity contribution in [1.82, 2.24) is 0 Å². The van der Waals surface area contributed by atoms with Gasteiger partial charge in [0.15, 0.2) is 0 Å². The summed E-state index contributed by atoms with van der Waals surface area (Å²) in [6.07, 6.45) is 1.05. The van der Waals surface area contributed by atoms with E-state index in [0.29, 0.717) is 13.2 Å². The van der Waals surface area contributed by atoms with Crippen LogP contribution in [0.4, 0.5) is 0 Å². The molecule has 0 N–H and O–H groups in total. The van der Waals surface area contributed by atoms with Crippen molar-refractivity contribution >= 4 is 0 Å². The zero-order valence-electron chi connectivity index (χ0n) is 9.82. The summed E-state index contributed by atoms with van der Waals surface area (Å²) in [6.45, 7) is 3.46. The minimum absolute atomic E-state index is 0.0900.